The molecule has 4 aromatic heterocycles. The van der Waals surface area contributed by atoms with Crippen molar-refractivity contribution in [3.8, 4) is 0 Å². The third kappa shape index (κ3) is 5.88. The highest BCUT2D eigenvalue weighted by Gasteiger charge is 2.54. The largest absolute Gasteiger partial charge is 0.394 e. The Bertz CT molecular complexity index is 2160. The van der Waals surface area contributed by atoms with Crippen LogP contribution in [0.1, 0.15) is 26.3 Å². The number of aliphatic hydroxyl groups excluding tert-OH is 4. The van der Waals surface area contributed by atoms with Crippen LogP contribution in [0.25, 0.3) is 21.9 Å². The van der Waals surface area contributed by atoms with E-state index in [2.05, 4.69) is 40.9 Å². The molecule has 1 amide bonds. The molecule has 0 saturated carbocycles. The van der Waals surface area contributed by atoms with Gasteiger partial charge in [0.25, 0.3) is 5.56 Å². The second-order valence-corrected chi connectivity index (χ2v) is 14.4. The van der Waals surface area contributed by atoms with Gasteiger partial charge in [-0.05, 0) is 26.4 Å². The van der Waals surface area contributed by atoms with E-state index < -0.39 is 66.8 Å². The molecular formula is C30H36N10O10S2. The highest BCUT2D eigenvalue weighted by Crippen LogP contribution is 2.45. The van der Waals surface area contributed by atoms with Gasteiger partial charge in [0, 0.05) is 12.4 Å². The van der Waals surface area contributed by atoms with Crippen LogP contribution in [-0.2, 0) is 14.3 Å². The Balaban J connectivity index is 0.000000162. The summed E-state index contributed by atoms with van der Waals surface area (Å²) in [5.74, 6) is 0.973. The summed E-state index contributed by atoms with van der Waals surface area (Å²) in [6.45, 7) is 2.07. The first-order valence-corrected chi connectivity index (χ1v) is 18.3. The van der Waals surface area contributed by atoms with Gasteiger partial charge in [-0.1, -0.05) is 23.5 Å². The number of nitrogens with zero attached hydrogens (tertiary/aromatic N) is 7. The van der Waals surface area contributed by atoms with Gasteiger partial charge < -0.3 is 65.2 Å². The predicted molar refractivity (Wildman–Crippen MR) is 190 cm³/mol. The molecule has 9 N–H and O–H groups in total. The number of amidine groups is 1. The monoisotopic (exact) mass is 760 g/mol. The van der Waals surface area contributed by atoms with Crippen molar-refractivity contribution in [3.05, 3.63) is 28.9 Å². The van der Waals surface area contributed by atoms with Crippen molar-refractivity contribution in [2.24, 2.45) is 4.99 Å². The molecule has 278 valence electrons. The lowest BCUT2D eigenvalue weighted by Crippen LogP contribution is -2.44. The van der Waals surface area contributed by atoms with Gasteiger partial charge in [0.15, 0.2) is 34.2 Å². The van der Waals surface area contributed by atoms with Crippen molar-refractivity contribution in [1.82, 2.24) is 29.1 Å². The quantitative estimate of drug-likeness (QED) is 0.0879. The number of anilines is 3. The second kappa shape index (κ2) is 13.5. The Hall–Kier alpha value is -3.97. The maximum Gasteiger partial charge on any atom is 0.290 e. The summed E-state index contributed by atoms with van der Waals surface area (Å²) in [7, 11) is 0. The summed E-state index contributed by atoms with van der Waals surface area (Å²) in [5.41, 5.74) is -2.47. The smallest absolute Gasteiger partial charge is 0.290 e. The number of amides is 1. The number of hydrogen-bond acceptors (Lipinski definition) is 19. The lowest BCUT2D eigenvalue weighted by Gasteiger charge is -2.28. The number of aliphatic hydroxyl groups is 6. The van der Waals surface area contributed by atoms with Crippen LogP contribution in [0, 0.1) is 0 Å². The van der Waals surface area contributed by atoms with Gasteiger partial charge in [0.2, 0.25) is 5.91 Å². The number of rotatable bonds is 5. The summed E-state index contributed by atoms with van der Waals surface area (Å²) in [6.07, 6.45) is 1.49. The summed E-state index contributed by atoms with van der Waals surface area (Å²) in [6, 6.07) is 0. The molecular weight excluding hydrogens is 725 g/mol. The molecule has 4 aliphatic rings. The fraction of sp³-hybridized carbons (Fsp3) is 0.500. The maximum atomic E-state index is 12.0. The SMILES string of the molecule is CSC1=Nc2c3c(nc(=O)cnc3cn2C2O[C@H](CO)[C@@H](O)[C@@]2(C)O)N1.CSc1nc2c3c(cn(C4O[C@H](CO)[C@@H](O)[C@@]4(C)O)c3n1)NC(=O)CN2. The van der Waals surface area contributed by atoms with E-state index in [0.717, 1.165) is 6.20 Å². The number of ether oxygens (including phenoxy) is 2. The zero-order valence-corrected chi connectivity index (χ0v) is 29.7. The Kier molecular flexibility index (Phi) is 9.42. The molecule has 2 unspecified atom stereocenters. The summed E-state index contributed by atoms with van der Waals surface area (Å²) < 4.78 is 14.5. The van der Waals surface area contributed by atoms with Gasteiger partial charge in [0.05, 0.1) is 47.9 Å². The number of carbonyl (C=O) groups excluding carboxylic acids is 1. The third-order valence-electron chi connectivity index (χ3n) is 9.28. The van der Waals surface area contributed by atoms with Crippen molar-refractivity contribution >= 4 is 79.7 Å². The zero-order chi connectivity index (χ0) is 37.3. The molecule has 0 aliphatic carbocycles. The van der Waals surface area contributed by atoms with E-state index in [1.165, 1.54) is 37.4 Å². The minimum atomic E-state index is -1.67. The van der Waals surface area contributed by atoms with Crippen LogP contribution in [-0.4, -0.2) is 139 Å². The first kappa shape index (κ1) is 36.4. The Morgan fingerprint density at radius 2 is 1.54 bits per heavy atom. The van der Waals surface area contributed by atoms with E-state index in [4.69, 9.17) is 9.47 Å². The number of hydrogen-bond donors (Lipinski definition) is 9. The normalized spacial score (nSPS) is 30.7. The van der Waals surface area contributed by atoms with Gasteiger partial charge in [-0.15, -0.1) is 0 Å². The van der Waals surface area contributed by atoms with E-state index in [1.807, 2.05) is 12.5 Å². The summed E-state index contributed by atoms with van der Waals surface area (Å²) in [4.78, 5) is 45.3. The molecule has 2 fully saturated rings. The minimum absolute atomic E-state index is 0.0809. The second-order valence-electron chi connectivity index (χ2n) is 12.8. The van der Waals surface area contributed by atoms with Crippen LogP contribution in [0.3, 0.4) is 0 Å². The molecule has 8 atom stereocenters. The van der Waals surface area contributed by atoms with Crippen LogP contribution < -0.4 is 21.5 Å². The molecule has 0 aromatic carbocycles. The van der Waals surface area contributed by atoms with Crippen LogP contribution >= 0.6 is 23.5 Å². The number of nitrogens with one attached hydrogen (secondary N) is 3. The number of aliphatic imine (C=N–C) groups is 1. The summed E-state index contributed by atoms with van der Waals surface area (Å²) >= 11 is 2.66. The molecule has 20 nitrogen and oxygen atoms in total. The lowest BCUT2D eigenvalue weighted by atomic mass is 9.96. The van der Waals surface area contributed by atoms with E-state index in [9.17, 15) is 40.2 Å². The average molecular weight is 761 g/mol. The minimum Gasteiger partial charge on any atom is -0.394 e. The molecule has 4 aromatic rings. The average Bonchev–Trinajstić information content (AvgIpc) is 3.72. The molecule has 0 spiro atoms. The summed E-state index contributed by atoms with van der Waals surface area (Å²) in [5, 5.41) is 71.7. The van der Waals surface area contributed by atoms with E-state index in [-0.39, 0.29) is 12.5 Å². The molecule has 0 bridgehead atoms. The molecule has 0 radical (unpaired) electrons. The van der Waals surface area contributed by atoms with Crippen molar-refractivity contribution < 1.29 is 44.9 Å². The topological polar surface area (TPSA) is 284 Å². The van der Waals surface area contributed by atoms with Gasteiger partial charge in [-0.3, -0.25) is 9.59 Å². The molecule has 22 heteroatoms. The van der Waals surface area contributed by atoms with Gasteiger partial charge in [-0.2, -0.15) is 4.98 Å². The fourth-order valence-electron chi connectivity index (χ4n) is 6.61. The molecule has 2 saturated heterocycles. The van der Waals surface area contributed by atoms with Crippen LogP contribution in [0.5, 0.6) is 0 Å². The number of thioether (sulfide) groups is 2. The van der Waals surface area contributed by atoms with Crippen molar-refractivity contribution in [2.75, 3.05) is 48.2 Å². The number of aromatic nitrogens is 6. The highest BCUT2D eigenvalue weighted by atomic mass is 32.2. The van der Waals surface area contributed by atoms with Crippen molar-refractivity contribution in [2.45, 2.75) is 67.1 Å². The van der Waals surface area contributed by atoms with Gasteiger partial charge >= 0.3 is 0 Å². The Morgan fingerprint density at radius 3 is 2.13 bits per heavy atom. The van der Waals surface area contributed by atoms with Crippen LogP contribution in [0.15, 0.2) is 33.5 Å². The van der Waals surface area contributed by atoms with E-state index >= 15 is 0 Å². The van der Waals surface area contributed by atoms with Crippen LogP contribution in [0.2, 0.25) is 0 Å². The van der Waals surface area contributed by atoms with Crippen molar-refractivity contribution in [1.29, 1.82) is 0 Å². The predicted octanol–water partition coefficient (Wildman–Crippen LogP) is -0.912. The Morgan fingerprint density at radius 1 is 0.885 bits per heavy atom. The molecule has 8 heterocycles. The first-order valence-electron chi connectivity index (χ1n) is 15.9. The molecule has 4 aliphatic heterocycles. The first-order chi connectivity index (χ1) is 24.7. The molecule has 8 rings (SSSR count). The van der Waals surface area contributed by atoms with E-state index in [1.54, 1.807) is 21.5 Å². The van der Waals surface area contributed by atoms with Crippen molar-refractivity contribution in [3.63, 3.8) is 0 Å². The maximum absolute atomic E-state index is 12.0. The van der Waals surface area contributed by atoms with Gasteiger partial charge in [0.1, 0.15) is 47.3 Å². The zero-order valence-electron chi connectivity index (χ0n) is 28.1. The van der Waals surface area contributed by atoms with Crippen LogP contribution in [0.4, 0.5) is 23.1 Å². The molecule has 52 heavy (non-hydrogen) atoms. The van der Waals surface area contributed by atoms with E-state index in [0.29, 0.717) is 55.4 Å². The fourth-order valence-corrected chi connectivity index (χ4v) is 7.35. The highest BCUT2D eigenvalue weighted by molar-refractivity contribution is 8.13. The number of carbonyl (C=O) groups is 1. The lowest BCUT2D eigenvalue weighted by molar-refractivity contribution is -0.114. The third-order valence-corrected chi connectivity index (χ3v) is 10.4. The standard InChI is InChI=1S/C15H19N5O5S.C15H17N5O5S/c1-15(24)10(23)7(5-21)25-13(15)20-4-6-9-11(16-3-8(22)17-6)18-14(26-2)19-12(9)20;1-15(24)10(23)7(5-21)25-13(15)20-4-6-9-11(17-8(22)3-16-6)18-14(26-2)19-12(9)20/h4,7,10,13,21,23-24H,3,5H2,1-2H3,(H,17,22)(H,16,18,19);3-4,7,10,13,21,23-24H,5H2,1-2H3,(H,17,18,19,22)/t2*7-,10-,13?,15-/m11/s1. The Labute approximate surface area is 302 Å². The van der Waals surface area contributed by atoms with Gasteiger partial charge in [-0.25, -0.2) is 19.9 Å².